The van der Waals surface area contributed by atoms with Crippen LogP contribution in [0.15, 0.2) is 18.2 Å². The lowest BCUT2D eigenvalue weighted by molar-refractivity contribution is -0.115. The van der Waals surface area contributed by atoms with Gasteiger partial charge in [-0.25, -0.2) is 0 Å². The molecule has 0 aromatic heterocycles. The van der Waals surface area contributed by atoms with Gasteiger partial charge in [-0.1, -0.05) is 12.1 Å². The number of hydrogen-bond donors (Lipinski definition) is 2. The molecular weight excluding hydrogens is 180 g/mol. The first kappa shape index (κ1) is 8.90. The van der Waals surface area contributed by atoms with Gasteiger partial charge in [0, 0.05) is 5.69 Å². The van der Waals surface area contributed by atoms with Gasteiger partial charge < -0.3 is 15.8 Å². The third-order valence-corrected chi connectivity index (χ3v) is 2.29. The van der Waals surface area contributed by atoms with Crippen LogP contribution in [0.4, 0.5) is 5.69 Å². The van der Waals surface area contributed by atoms with E-state index in [-0.39, 0.29) is 5.91 Å². The van der Waals surface area contributed by atoms with Crippen molar-refractivity contribution in [3.8, 4) is 0 Å². The quantitative estimate of drug-likeness (QED) is 0.662. The molecule has 0 spiro atoms. The van der Waals surface area contributed by atoms with Crippen molar-refractivity contribution in [3.63, 3.8) is 0 Å². The third kappa shape index (κ3) is 1.40. The van der Waals surface area contributed by atoms with E-state index >= 15 is 0 Å². The van der Waals surface area contributed by atoms with Crippen molar-refractivity contribution in [1.82, 2.24) is 0 Å². The number of amides is 1. The average Bonchev–Trinajstić information content (AvgIpc) is 2.55. The number of anilines is 1. The fourth-order valence-corrected chi connectivity index (χ4v) is 1.54. The Morgan fingerprint density at radius 3 is 3.00 bits per heavy atom. The van der Waals surface area contributed by atoms with Gasteiger partial charge in [0.1, 0.15) is 6.29 Å². The first-order chi connectivity index (χ1) is 6.70. The molecule has 1 aliphatic rings. The lowest BCUT2D eigenvalue weighted by atomic mass is 10.0. The van der Waals surface area contributed by atoms with E-state index in [1.165, 1.54) is 0 Å². The molecule has 4 nitrogen and oxygen atoms in total. The minimum Gasteiger partial charge on any atom is -0.326 e. The second-order valence-electron chi connectivity index (χ2n) is 3.30. The van der Waals surface area contributed by atoms with Crippen LogP contribution in [-0.2, 0) is 16.0 Å². The zero-order valence-electron chi connectivity index (χ0n) is 7.49. The number of benzene rings is 1. The van der Waals surface area contributed by atoms with Crippen molar-refractivity contribution in [1.29, 1.82) is 0 Å². The first-order valence-corrected chi connectivity index (χ1v) is 4.34. The van der Waals surface area contributed by atoms with Crippen LogP contribution in [0, 0.1) is 0 Å². The van der Waals surface area contributed by atoms with Gasteiger partial charge in [-0.3, -0.25) is 4.79 Å². The monoisotopic (exact) mass is 190 g/mol. The van der Waals surface area contributed by atoms with Crippen molar-refractivity contribution in [2.24, 2.45) is 5.73 Å². The molecule has 3 N–H and O–H groups in total. The summed E-state index contributed by atoms with van der Waals surface area (Å²) in [5, 5.41) is 2.71. The highest BCUT2D eigenvalue weighted by atomic mass is 16.1. The number of nitrogens with two attached hydrogens (primary N) is 1. The molecule has 2 rings (SSSR count). The third-order valence-electron chi connectivity index (χ3n) is 2.29. The average molecular weight is 190 g/mol. The molecule has 1 aliphatic heterocycles. The molecule has 1 unspecified atom stereocenters. The molecule has 1 aromatic carbocycles. The maximum atomic E-state index is 11.0. The van der Waals surface area contributed by atoms with Crippen molar-refractivity contribution in [2.75, 3.05) is 5.32 Å². The predicted molar refractivity (Wildman–Crippen MR) is 51.8 cm³/mol. The molecular formula is C10H10N2O2. The number of hydrogen-bond acceptors (Lipinski definition) is 3. The minimum atomic E-state index is -0.601. The number of rotatable bonds is 2. The van der Waals surface area contributed by atoms with Gasteiger partial charge in [0.2, 0.25) is 5.91 Å². The van der Waals surface area contributed by atoms with Crippen LogP contribution in [0.5, 0.6) is 0 Å². The van der Waals surface area contributed by atoms with E-state index < -0.39 is 6.04 Å². The molecule has 0 bridgehead atoms. The highest BCUT2D eigenvalue weighted by Gasteiger charge is 2.18. The summed E-state index contributed by atoms with van der Waals surface area (Å²) in [4.78, 5) is 21.5. The molecule has 0 saturated heterocycles. The standard InChI is InChI=1S/C10H10N2O2/c11-8(5-13)6-1-2-9-7(3-6)4-10(14)12-9/h1-3,5,8H,4,11H2,(H,12,14). The Bertz CT molecular complexity index is 401. The molecule has 1 aromatic rings. The Hall–Kier alpha value is -1.68. The van der Waals surface area contributed by atoms with Gasteiger partial charge in [-0.05, 0) is 17.2 Å². The largest absolute Gasteiger partial charge is 0.326 e. The summed E-state index contributed by atoms with van der Waals surface area (Å²) in [6, 6.07) is 4.73. The maximum Gasteiger partial charge on any atom is 0.228 e. The molecule has 1 atom stereocenters. The number of carbonyl (C=O) groups is 2. The molecule has 0 aliphatic carbocycles. The van der Waals surface area contributed by atoms with Gasteiger partial charge in [-0.15, -0.1) is 0 Å². The molecule has 1 amide bonds. The summed E-state index contributed by atoms with van der Waals surface area (Å²) in [5.74, 6) is -0.0168. The van der Waals surface area contributed by atoms with Crippen LogP contribution < -0.4 is 11.1 Å². The lowest BCUT2D eigenvalue weighted by Crippen LogP contribution is -2.11. The van der Waals surface area contributed by atoms with E-state index in [4.69, 9.17) is 5.73 Å². The van der Waals surface area contributed by atoms with Gasteiger partial charge in [0.05, 0.1) is 12.5 Å². The van der Waals surface area contributed by atoms with Crippen molar-refractivity contribution >= 4 is 17.9 Å². The first-order valence-electron chi connectivity index (χ1n) is 4.34. The smallest absolute Gasteiger partial charge is 0.228 e. The second-order valence-corrected chi connectivity index (χ2v) is 3.30. The van der Waals surface area contributed by atoms with E-state index in [1.807, 2.05) is 0 Å². The van der Waals surface area contributed by atoms with Crippen LogP contribution in [0.1, 0.15) is 17.2 Å². The van der Waals surface area contributed by atoms with Gasteiger partial charge in [0.15, 0.2) is 0 Å². The molecule has 4 heteroatoms. The summed E-state index contributed by atoms with van der Waals surface area (Å²) in [5.41, 5.74) is 8.02. The predicted octanol–water partition coefficient (Wildman–Crippen LogP) is 0.380. The normalized spacial score (nSPS) is 15.9. The summed E-state index contributed by atoms with van der Waals surface area (Å²) in [6.07, 6.45) is 1.06. The van der Waals surface area contributed by atoms with Crippen molar-refractivity contribution < 1.29 is 9.59 Å². The van der Waals surface area contributed by atoms with Crippen molar-refractivity contribution in [3.05, 3.63) is 29.3 Å². The summed E-state index contributed by atoms with van der Waals surface area (Å²) < 4.78 is 0. The molecule has 0 saturated carbocycles. The van der Waals surface area contributed by atoms with Crippen molar-refractivity contribution in [2.45, 2.75) is 12.5 Å². The highest BCUT2D eigenvalue weighted by molar-refractivity contribution is 5.99. The molecule has 72 valence electrons. The zero-order chi connectivity index (χ0) is 10.1. The van der Waals surface area contributed by atoms with Crippen LogP contribution >= 0.6 is 0 Å². The lowest BCUT2D eigenvalue weighted by Gasteiger charge is -2.05. The van der Waals surface area contributed by atoms with E-state index in [0.717, 1.165) is 16.8 Å². The SMILES string of the molecule is NC(C=O)c1ccc2c(c1)CC(=O)N2. The molecule has 1 heterocycles. The van der Waals surface area contributed by atoms with E-state index in [2.05, 4.69) is 5.32 Å². The fourth-order valence-electron chi connectivity index (χ4n) is 1.54. The van der Waals surface area contributed by atoms with Gasteiger partial charge in [-0.2, -0.15) is 0 Å². The van der Waals surface area contributed by atoms with Gasteiger partial charge >= 0.3 is 0 Å². The Kier molecular flexibility index (Phi) is 2.05. The fraction of sp³-hybridized carbons (Fsp3) is 0.200. The van der Waals surface area contributed by atoms with Crippen LogP contribution in [0.2, 0.25) is 0 Å². The van der Waals surface area contributed by atoms with E-state index in [0.29, 0.717) is 12.7 Å². The Morgan fingerprint density at radius 1 is 1.50 bits per heavy atom. The van der Waals surface area contributed by atoms with E-state index in [1.54, 1.807) is 18.2 Å². The molecule has 14 heavy (non-hydrogen) atoms. The Morgan fingerprint density at radius 2 is 2.29 bits per heavy atom. The minimum absolute atomic E-state index is 0.0168. The molecule has 0 fully saturated rings. The topological polar surface area (TPSA) is 72.2 Å². The second kappa shape index (κ2) is 3.23. The molecule has 0 radical (unpaired) electrons. The highest BCUT2D eigenvalue weighted by Crippen LogP contribution is 2.25. The van der Waals surface area contributed by atoms with Crippen LogP contribution in [0.3, 0.4) is 0 Å². The summed E-state index contributed by atoms with van der Waals surface area (Å²) >= 11 is 0. The number of nitrogens with one attached hydrogen (secondary N) is 1. The van der Waals surface area contributed by atoms with Crippen LogP contribution in [-0.4, -0.2) is 12.2 Å². The maximum absolute atomic E-state index is 11.0. The number of fused-ring (bicyclic) bond motifs is 1. The van der Waals surface area contributed by atoms with E-state index in [9.17, 15) is 9.59 Å². The van der Waals surface area contributed by atoms with Crippen LogP contribution in [0.25, 0.3) is 0 Å². The Labute approximate surface area is 81.1 Å². The number of carbonyl (C=O) groups excluding carboxylic acids is 2. The Balaban J connectivity index is 2.37. The zero-order valence-corrected chi connectivity index (χ0v) is 7.49. The van der Waals surface area contributed by atoms with Gasteiger partial charge in [0.25, 0.3) is 0 Å². The number of aldehydes is 1. The summed E-state index contributed by atoms with van der Waals surface area (Å²) in [6.45, 7) is 0. The summed E-state index contributed by atoms with van der Waals surface area (Å²) in [7, 11) is 0.